The second-order valence-corrected chi connectivity index (χ2v) is 20.1. The average Bonchev–Trinajstić information content (AvgIpc) is 4.39. The topological polar surface area (TPSA) is 69.3 Å². The van der Waals surface area contributed by atoms with Gasteiger partial charge < -0.3 is 9.13 Å². The first-order valence-electron chi connectivity index (χ1n) is 26.3. The van der Waals surface area contributed by atoms with Gasteiger partial charge in [-0.1, -0.05) is 158 Å². The van der Waals surface area contributed by atoms with Crippen LogP contribution in [0.2, 0.25) is 0 Å². The standard InChI is InChI=1S/C71H43N7/c72-44-45-27-29-46(30-28-45)61-43-70(77-64-25-13-7-19-53(64)57-35-31-49(41-68(57)77)47-33-37-66-59(39-47)55-21-9-11-23-62(55)75(66)51-15-3-1-4-16-51)74-71(73-61)78-65-26-14-8-20-54(65)58-36-32-50(42-69(58)78)48-34-38-67-60(40-48)56-22-10-12-24-63(56)76(67)52-17-5-2-6-18-52/h1-43H. The Balaban J connectivity index is 0.907. The molecule has 0 N–H and O–H groups in total. The van der Waals surface area contributed by atoms with Crippen molar-refractivity contribution in [2.45, 2.75) is 0 Å². The summed E-state index contributed by atoms with van der Waals surface area (Å²) in [6.45, 7) is 0. The van der Waals surface area contributed by atoms with Gasteiger partial charge in [-0.2, -0.15) is 10.2 Å². The van der Waals surface area contributed by atoms with Gasteiger partial charge in [0.05, 0.1) is 61.5 Å². The van der Waals surface area contributed by atoms with Gasteiger partial charge in [-0.25, -0.2) is 4.98 Å². The van der Waals surface area contributed by atoms with Crippen molar-refractivity contribution in [3.63, 3.8) is 0 Å². The van der Waals surface area contributed by atoms with Gasteiger partial charge in [-0.15, -0.1) is 0 Å². The maximum Gasteiger partial charge on any atom is 0.237 e. The molecule has 7 nitrogen and oxygen atoms in total. The second kappa shape index (κ2) is 17.1. The second-order valence-electron chi connectivity index (χ2n) is 20.1. The van der Waals surface area contributed by atoms with Gasteiger partial charge >= 0.3 is 0 Å². The molecule has 16 aromatic rings. The molecule has 0 saturated heterocycles. The van der Waals surface area contributed by atoms with Crippen molar-refractivity contribution in [1.29, 1.82) is 5.26 Å². The van der Waals surface area contributed by atoms with Crippen LogP contribution in [0.3, 0.4) is 0 Å². The quantitative estimate of drug-likeness (QED) is 0.160. The first-order valence-corrected chi connectivity index (χ1v) is 26.3. The van der Waals surface area contributed by atoms with E-state index in [4.69, 9.17) is 9.97 Å². The summed E-state index contributed by atoms with van der Waals surface area (Å²) in [5.41, 5.74) is 17.6. The van der Waals surface area contributed by atoms with Crippen molar-refractivity contribution in [3.8, 4) is 62.7 Å². The highest BCUT2D eigenvalue weighted by Gasteiger charge is 2.22. The molecule has 11 aromatic carbocycles. The van der Waals surface area contributed by atoms with E-state index in [0.29, 0.717) is 11.5 Å². The molecule has 0 unspecified atom stereocenters. The Kier molecular flexibility index (Phi) is 9.56. The van der Waals surface area contributed by atoms with Gasteiger partial charge in [0.1, 0.15) is 5.82 Å². The molecule has 362 valence electrons. The highest BCUT2D eigenvalue weighted by Crippen LogP contribution is 2.41. The minimum absolute atomic E-state index is 0.541. The minimum Gasteiger partial charge on any atom is -0.309 e. The minimum atomic E-state index is 0.541. The van der Waals surface area contributed by atoms with Gasteiger partial charge in [-0.3, -0.25) is 9.13 Å². The lowest BCUT2D eigenvalue weighted by atomic mass is 10.0. The van der Waals surface area contributed by atoms with Crippen molar-refractivity contribution in [3.05, 3.63) is 266 Å². The van der Waals surface area contributed by atoms with Crippen LogP contribution in [0.15, 0.2) is 261 Å². The fourth-order valence-corrected chi connectivity index (χ4v) is 12.3. The predicted molar refractivity (Wildman–Crippen MR) is 320 cm³/mol. The smallest absolute Gasteiger partial charge is 0.237 e. The fourth-order valence-electron chi connectivity index (χ4n) is 12.3. The van der Waals surface area contributed by atoms with Crippen LogP contribution in [-0.4, -0.2) is 28.2 Å². The number of fused-ring (bicyclic) bond motifs is 12. The van der Waals surface area contributed by atoms with Crippen LogP contribution in [0, 0.1) is 11.3 Å². The number of nitriles is 1. The molecule has 0 aliphatic carbocycles. The van der Waals surface area contributed by atoms with Gasteiger partial charge in [-0.05, 0) is 119 Å². The molecule has 0 saturated carbocycles. The summed E-state index contributed by atoms with van der Waals surface area (Å²) in [6, 6.07) is 95.1. The van der Waals surface area contributed by atoms with E-state index >= 15 is 0 Å². The molecule has 0 fully saturated rings. The lowest BCUT2D eigenvalue weighted by Crippen LogP contribution is -2.07. The van der Waals surface area contributed by atoms with Crippen LogP contribution in [0.4, 0.5) is 0 Å². The van der Waals surface area contributed by atoms with Crippen molar-refractivity contribution in [1.82, 2.24) is 28.2 Å². The van der Waals surface area contributed by atoms with Crippen molar-refractivity contribution in [2.75, 3.05) is 0 Å². The predicted octanol–water partition coefficient (Wildman–Crippen LogP) is 17.7. The molecule has 0 aliphatic rings. The summed E-state index contributed by atoms with van der Waals surface area (Å²) in [5, 5.41) is 19.1. The maximum absolute atomic E-state index is 9.86. The third-order valence-corrected chi connectivity index (χ3v) is 15.8. The van der Waals surface area contributed by atoms with Crippen LogP contribution in [0.5, 0.6) is 0 Å². The zero-order valence-electron chi connectivity index (χ0n) is 42.0. The third kappa shape index (κ3) is 6.64. The summed E-state index contributed by atoms with van der Waals surface area (Å²) in [6.07, 6.45) is 0. The molecule has 0 radical (unpaired) electrons. The van der Waals surface area contributed by atoms with E-state index in [9.17, 15) is 5.26 Å². The van der Waals surface area contributed by atoms with E-state index in [1.54, 1.807) is 0 Å². The fraction of sp³-hybridized carbons (Fsp3) is 0. The Hall–Kier alpha value is -10.8. The Morgan fingerprint density at radius 3 is 1.14 bits per heavy atom. The first-order chi connectivity index (χ1) is 38.6. The molecule has 0 bridgehead atoms. The number of nitrogens with zero attached hydrogens (tertiary/aromatic N) is 7. The Morgan fingerprint density at radius 2 is 0.641 bits per heavy atom. The van der Waals surface area contributed by atoms with Crippen LogP contribution in [0.1, 0.15) is 5.56 Å². The summed E-state index contributed by atoms with van der Waals surface area (Å²) in [7, 11) is 0. The molecule has 78 heavy (non-hydrogen) atoms. The molecule has 0 spiro atoms. The summed E-state index contributed by atoms with van der Waals surface area (Å²) in [5.74, 6) is 1.27. The van der Waals surface area contributed by atoms with Gasteiger partial charge in [0.15, 0.2) is 0 Å². The molecular formula is C71H43N7. The van der Waals surface area contributed by atoms with E-state index in [0.717, 1.165) is 105 Å². The number of benzene rings is 11. The summed E-state index contributed by atoms with van der Waals surface area (Å²) >= 11 is 0. The van der Waals surface area contributed by atoms with E-state index in [1.165, 1.54) is 32.6 Å². The van der Waals surface area contributed by atoms with Crippen molar-refractivity contribution in [2.24, 2.45) is 0 Å². The van der Waals surface area contributed by atoms with Crippen LogP contribution >= 0.6 is 0 Å². The first kappa shape index (κ1) is 43.6. The largest absolute Gasteiger partial charge is 0.309 e. The van der Waals surface area contributed by atoms with Crippen molar-refractivity contribution >= 4 is 87.2 Å². The summed E-state index contributed by atoms with van der Waals surface area (Å²) in [4.78, 5) is 11.1. The molecule has 7 heteroatoms. The van der Waals surface area contributed by atoms with Crippen LogP contribution < -0.4 is 0 Å². The van der Waals surface area contributed by atoms with Crippen LogP contribution in [-0.2, 0) is 0 Å². The lowest BCUT2D eigenvalue weighted by molar-refractivity contribution is 0.952. The maximum atomic E-state index is 9.86. The van der Waals surface area contributed by atoms with E-state index in [1.807, 2.05) is 24.3 Å². The highest BCUT2D eigenvalue weighted by molar-refractivity contribution is 6.14. The molecule has 5 heterocycles. The number of hydrogen-bond acceptors (Lipinski definition) is 3. The normalized spacial score (nSPS) is 11.8. The molecule has 0 atom stereocenters. The van der Waals surface area contributed by atoms with E-state index in [-0.39, 0.29) is 0 Å². The van der Waals surface area contributed by atoms with Gasteiger partial charge in [0.2, 0.25) is 5.95 Å². The molecule has 0 amide bonds. The Morgan fingerprint density at radius 1 is 0.269 bits per heavy atom. The van der Waals surface area contributed by atoms with E-state index in [2.05, 4.69) is 261 Å². The monoisotopic (exact) mass is 993 g/mol. The number of para-hydroxylation sites is 6. The molecule has 0 aliphatic heterocycles. The summed E-state index contributed by atoms with van der Waals surface area (Å²) < 4.78 is 9.24. The van der Waals surface area contributed by atoms with Gasteiger partial charge in [0.25, 0.3) is 0 Å². The SMILES string of the molecule is N#Cc1ccc(-c2cc(-n3c4ccccc4c4ccc(-c5ccc6c(c5)c5ccccc5n6-c5ccccc5)cc43)nc(-n3c4ccccc4c4ccc(-c5ccc6c(c5)c5ccccc5n6-c5ccccc5)cc43)n2)cc1. The Labute approximate surface area is 447 Å². The molecular weight excluding hydrogens is 951 g/mol. The van der Waals surface area contributed by atoms with Crippen LogP contribution in [0.25, 0.3) is 144 Å². The number of rotatable bonds is 7. The highest BCUT2D eigenvalue weighted by atomic mass is 15.2. The molecule has 16 rings (SSSR count). The molecule has 5 aromatic heterocycles. The van der Waals surface area contributed by atoms with Crippen molar-refractivity contribution < 1.29 is 0 Å². The third-order valence-electron chi connectivity index (χ3n) is 15.8. The number of hydrogen-bond donors (Lipinski definition) is 0. The number of aromatic nitrogens is 6. The van der Waals surface area contributed by atoms with Gasteiger partial charge in [0, 0.05) is 66.1 Å². The average molecular weight is 994 g/mol. The van der Waals surface area contributed by atoms with E-state index < -0.39 is 0 Å². The zero-order chi connectivity index (χ0) is 51.4. The lowest BCUT2D eigenvalue weighted by Gasteiger charge is -2.14. The Bertz CT molecular complexity index is 4850. The zero-order valence-corrected chi connectivity index (χ0v) is 42.0.